The molecule has 1 aliphatic heterocycles. The molecule has 38 heavy (non-hydrogen) atoms. The predicted octanol–water partition coefficient (Wildman–Crippen LogP) is 6.68. The standard InChI is InChI=1S/C32H35ClN2O3/c1-20-7-12-23(32(2,3)4)19-26(20)29(36)27-28(22-10-15-25(16-11-22)34(5)6)35(31(38)30(27)37)18-17-21-8-13-24(33)14-9-21/h7-16,19,28,36H,17-18H2,1-6H3/b29-27+. The number of halogens is 1. The van der Waals surface area contributed by atoms with Crippen molar-refractivity contribution in [2.45, 2.75) is 45.6 Å². The third kappa shape index (κ3) is 5.48. The summed E-state index contributed by atoms with van der Waals surface area (Å²) in [6.45, 7) is 8.53. The van der Waals surface area contributed by atoms with E-state index in [1.54, 1.807) is 4.90 Å². The van der Waals surface area contributed by atoms with Gasteiger partial charge in [-0.25, -0.2) is 0 Å². The number of aliphatic hydroxyl groups excluding tert-OH is 1. The monoisotopic (exact) mass is 530 g/mol. The Hall–Kier alpha value is -3.57. The summed E-state index contributed by atoms with van der Waals surface area (Å²) in [6.07, 6.45) is 0.551. The van der Waals surface area contributed by atoms with E-state index in [0.29, 0.717) is 23.6 Å². The SMILES string of the molecule is Cc1ccc(C(C)(C)C)cc1/C(O)=C1\C(=O)C(=O)N(CCc2ccc(Cl)cc2)C1c1ccc(N(C)C)cc1. The lowest BCUT2D eigenvalue weighted by molar-refractivity contribution is -0.139. The van der Waals surface area contributed by atoms with E-state index < -0.39 is 17.7 Å². The largest absolute Gasteiger partial charge is 0.507 e. The number of rotatable bonds is 6. The number of aliphatic hydroxyl groups is 1. The summed E-state index contributed by atoms with van der Waals surface area (Å²) in [4.78, 5) is 30.5. The fourth-order valence-corrected chi connectivity index (χ4v) is 4.93. The number of hydrogen-bond acceptors (Lipinski definition) is 4. The Kier molecular flexibility index (Phi) is 7.70. The van der Waals surface area contributed by atoms with Crippen molar-refractivity contribution in [2.24, 2.45) is 0 Å². The zero-order valence-electron chi connectivity index (χ0n) is 22.9. The molecular weight excluding hydrogens is 496 g/mol. The van der Waals surface area contributed by atoms with Crippen LogP contribution in [-0.4, -0.2) is 42.3 Å². The number of likely N-dealkylation sites (tertiary alicyclic amines) is 1. The molecule has 5 nitrogen and oxygen atoms in total. The molecule has 1 amide bonds. The number of hydrogen-bond donors (Lipinski definition) is 1. The molecule has 1 fully saturated rings. The van der Waals surface area contributed by atoms with E-state index in [1.165, 1.54) is 0 Å². The molecule has 1 aliphatic rings. The second-order valence-electron chi connectivity index (χ2n) is 11.1. The van der Waals surface area contributed by atoms with Crippen molar-refractivity contribution in [3.8, 4) is 0 Å². The van der Waals surface area contributed by atoms with Gasteiger partial charge in [-0.3, -0.25) is 9.59 Å². The molecule has 1 N–H and O–H groups in total. The first-order valence-electron chi connectivity index (χ1n) is 12.8. The van der Waals surface area contributed by atoms with Crippen molar-refractivity contribution in [3.05, 3.63) is 105 Å². The summed E-state index contributed by atoms with van der Waals surface area (Å²) in [6, 6.07) is 20.4. The summed E-state index contributed by atoms with van der Waals surface area (Å²) in [5, 5.41) is 12.3. The fraction of sp³-hybridized carbons (Fsp3) is 0.312. The molecule has 0 saturated carbocycles. The van der Waals surface area contributed by atoms with Crippen molar-refractivity contribution in [2.75, 3.05) is 25.5 Å². The molecule has 1 heterocycles. The molecule has 6 heteroatoms. The second kappa shape index (κ2) is 10.7. The van der Waals surface area contributed by atoms with Gasteiger partial charge in [-0.2, -0.15) is 0 Å². The molecule has 0 radical (unpaired) electrons. The number of ketones is 1. The highest BCUT2D eigenvalue weighted by atomic mass is 35.5. The van der Waals surface area contributed by atoms with Crippen molar-refractivity contribution < 1.29 is 14.7 Å². The minimum atomic E-state index is -0.698. The summed E-state index contributed by atoms with van der Waals surface area (Å²) in [5.74, 6) is -1.41. The zero-order chi connectivity index (χ0) is 27.8. The summed E-state index contributed by atoms with van der Waals surface area (Å²) >= 11 is 6.04. The van der Waals surface area contributed by atoms with E-state index in [1.807, 2.05) is 92.6 Å². The second-order valence-corrected chi connectivity index (χ2v) is 11.6. The van der Waals surface area contributed by atoms with Gasteiger partial charge >= 0.3 is 0 Å². The Morgan fingerprint density at radius 1 is 0.974 bits per heavy atom. The van der Waals surface area contributed by atoms with Crippen LogP contribution in [0.4, 0.5) is 5.69 Å². The minimum Gasteiger partial charge on any atom is -0.507 e. The minimum absolute atomic E-state index is 0.123. The first-order valence-corrected chi connectivity index (χ1v) is 13.2. The van der Waals surface area contributed by atoms with E-state index in [0.717, 1.165) is 27.9 Å². The third-order valence-corrected chi connectivity index (χ3v) is 7.43. The maximum atomic E-state index is 13.5. The van der Waals surface area contributed by atoms with Gasteiger partial charge in [0, 0.05) is 36.9 Å². The molecule has 0 aromatic heterocycles. The van der Waals surface area contributed by atoms with E-state index in [4.69, 9.17) is 11.6 Å². The van der Waals surface area contributed by atoms with Crippen LogP contribution in [0.3, 0.4) is 0 Å². The number of anilines is 1. The van der Waals surface area contributed by atoms with Crippen LogP contribution < -0.4 is 4.90 Å². The molecule has 198 valence electrons. The van der Waals surface area contributed by atoms with Crippen LogP contribution in [0.1, 0.15) is 54.6 Å². The number of benzene rings is 3. The number of carbonyl (C=O) groups is 2. The lowest BCUT2D eigenvalue weighted by atomic mass is 9.84. The van der Waals surface area contributed by atoms with E-state index >= 15 is 0 Å². The molecule has 1 unspecified atom stereocenters. The van der Waals surface area contributed by atoms with Crippen molar-refractivity contribution in [1.82, 2.24) is 4.90 Å². The van der Waals surface area contributed by atoms with Gasteiger partial charge in [0.1, 0.15) is 5.76 Å². The summed E-state index contributed by atoms with van der Waals surface area (Å²) < 4.78 is 0. The lowest BCUT2D eigenvalue weighted by Gasteiger charge is -2.26. The molecule has 1 atom stereocenters. The number of Topliss-reactive ketones (excluding diaryl/α,β-unsaturated/α-hetero) is 1. The molecular formula is C32H35ClN2O3. The van der Waals surface area contributed by atoms with Gasteiger partial charge in [0.05, 0.1) is 11.6 Å². The van der Waals surface area contributed by atoms with Gasteiger partial charge < -0.3 is 14.9 Å². The molecule has 1 saturated heterocycles. The average molecular weight is 531 g/mol. The fourth-order valence-electron chi connectivity index (χ4n) is 4.80. The summed E-state index contributed by atoms with van der Waals surface area (Å²) in [5.41, 5.74) is 5.21. The van der Waals surface area contributed by atoms with Gasteiger partial charge in [-0.15, -0.1) is 0 Å². The molecule has 0 spiro atoms. The van der Waals surface area contributed by atoms with Gasteiger partial charge in [0.25, 0.3) is 11.7 Å². The average Bonchev–Trinajstić information content (AvgIpc) is 3.12. The first kappa shape index (κ1) is 27.5. The van der Waals surface area contributed by atoms with Crippen LogP contribution in [0.2, 0.25) is 5.02 Å². The Bertz CT molecular complexity index is 1380. The van der Waals surface area contributed by atoms with Crippen LogP contribution >= 0.6 is 11.6 Å². The molecule has 4 rings (SSSR count). The number of aryl methyl sites for hydroxylation is 1. The Labute approximate surface area is 230 Å². The molecule has 0 aliphatic carbocycles. The molecule has 0 bridgehead atoms. The van der Waals surface area contributed by atoms with E-state index in [9.17, 15) is 14.7 Å². The smallest absolute Gasteiger partial charge is 0.295 e. The Morgan fingerprint density at radius 3 is 2.18 bits per heavy atom. The van der Waals surface area contributed by atoms with Crippen LogP contribution in [0.5, 0.6) is 0 Å². The van der Waals surface area contributed by atoms with Gasteiger partial charge in [0.15, 0.2) is 0 Å². The molecule has 3 aromatic rings. The van der Waals surface area contributed by atoms with E-state index in [2.05, 4.69) is 20.8 Å². The number of amides is 1. The van der Waals surface area contributed by atoms with Crippen molar-refractivity contribution >= 4 is 34.7 Å². The molecule has 3 aromatic carbocycles. The van der Waals surface area contributed by atoms with Gasteiger partial charge in [0.2, 0.25) is 0 Å². The zero-order valence-corrected chi connectivity index (χ0v) is 23.6. The number of carbonyl (C=O) groups excluding carboxylic acids is 2. The van der Waals surface area contributed by atoms with Gasteiger partial charge in [-0.05, 0) is 71.3 Å². The Balaban J connectivity index is 1.83. The van der Waals surface area contributed by atoms with Crippen LogP contribution in [0, 0.1) is 6.92 Å². The highest BCUT2D eigenvalue weighted by molar-refractivity contribution is 6.46. The lowest BCUT2D eigenvalue weighted by Crippen LogP contribution is -2.31. The number of nitrogens with zero attached hydrogens (tertiary/aromatic N) is 2. The van der Waals surface area contributed by atoms with E-state index in [-0.39, 0.29) is 16.7 Å². The van der Waals surface area contributed by atoms with Crippen molar-refractivity contribution in [1.29, 1.82) is 0 Å². The van der Waals surface area contributed by atoms with Crippen LogP contribution in [0.25, 0.3) is 5.76 Å². The Morgan fingerprint density at radius 2 is 1.61 bits per heavy atom. The van der Waals surface area contributed by atoms with Crippen molar-refractivity contribution in [3.63, 3.8) is 0 Å². The van der Waals surface area contributed by atoms with Gasteiger partial charge in [-0.1, -0.05) is 68.8 Å². The highest BCUT2D eigenvalue weighted by Crippen LogP contribution is 2.41. The maximum Gasteiger partial charge on any atom is 0.295 e. The van der Waals surface area contributed by atoms with Crippen LogP contribution in [-0.2, 0) is 21.4 Å². The normalized spacial score (nSPS) is 17.2. The quantitative estimate of drug-likeness (QED) is 0.219. The topological polar surface area (TPSA) is 60.9 Å². The highest BCUT2D eigenvalue weighted by Gasteiger charge is 2.46. The predicted molar refractivity (Wildman–Crippen MR) is 155 cm³/mol. The first-order chi connectivity index (χ1) is 17.9. The third-order valence-electron chi connectivity index (χ3n) is 7.18. The maximum absolute atomic E-state index is 13.5. The van der Waals surface area contributed by atoms with Crippen LogP contribution in [0.15, 0.2) is 72.3 Å². The summed E-state index contributed by atoms with van der Waals surface area (Å²) in [7, 11) is 3.91.